The third-order valence-electron chi connectivity index (χ3n) is 1.74. The van der Waals surface area contributed by atoms with Crippen LogP contribution in [0.15, 0.2) is 22.7 Å². The van der Waals surface area contributed by atoms with Crippen LogP contribution in [0.2, 0.25) is 0 Å². The summed E-state index contributed by atoms with van der Waals surface area (Å²) in [6.07, 6.45) is 0.854. The van der Waals surface area contributed by atoms with E-state index in [9.17, 15) is 4.79 Å². The molecule has 0 amide bonds. The maximum Gasteiger partial charge on any atom is 0.160 e. The Labute approximate surface area is 87.5 Å². The van der Waals surface area contributed by atoms with Gasteiger partial charge in [-0.25, -0.2) is 0 Å². The Morgan fingerprint density at radius 1 is 1.38 bits per heavy atom. The minimum atomic E-state index is 0.707. The third kappa shape index (κ3) is 1.47. The number of aldehydes is 1. The van der Waals surface area contributed by atoms with Crippen molar-refractivity contribution in [2.45, 2.75) is 0 Å². The van der Waals surface area contributed by atoms with Crippen LogP contribution in [0.1, 0.15) is 9.67 Å². The smallest absolute Gasteiger partial charge is 0.160 e. The van der Waals surface area contributed by atoms with Gasteiger partial charge in [0.15, 0.2) is 6.29 Å². The maximum atomic E-state index is 10.5. The number of rotatable bonds is 1. The van der Waals surface area contributed by atoms with Crippen molar-refractivity contribution in [3.05, 3.63) is 27.5 Å². The van der Waals surface area contributed by atoms with E-state index < -0.39 is 0 Å². The summed E-state index contributed by atoms with van der Waals surface area (Å²) < 4.78 is 1.97. The molecule has 4 heteroatoms. The summed E-state index contributed by atoms with van der Waals surface area (Å²) in [4.78, 5) is 11.3. The molecule has 0 radical (unpaired) electrons. The van der Waals surface area contributed by atoms with Crippen molar-refractivity contribution in [2.75, 3.05) is 5.73 Å². The molecular weight excluding hydrogens is 250 g/mol. The Morgan fingerprint density at radius 3 is 2.85 bits per heavy atom. The lowest BCUT2D eigenvalue weighted by atomic mass is 10.2. The van der Waals surface area contributed by atoms with Crippen LogP contribution in [0.3, 0.4) is 0 Å². The number of nitrogens with two attached hydrogens (primary N) is 1. The van der Waals surface area contributed by atoms with Crippen LogP contribution in [-0.4, -0.2) is 6.29 Å². The highest BCUT2D eigenvalue weighted by Gasteiger charge is 2.04. The Balaban J connectivity index is 2.82. The number of thiophene rings is 1. The summed E-state index contributed by atoms with van der Waals surface area (Å²) >= 11 is 4.85. The van der Waals surface area contributed by atoms with Crippen molar-refractivity contribution in [3.63, 3.8) is 0 Å². The summed E-state index contributed by atoms with van der Waals surface area (Å²) in [6, 6.07) is 5.57. The highest BCUT2D eigenvalue weighted by Crippen LogP contribution is 2.32. The SMILES string of the molecule is Nc1cc(Br)c2cc(C=O)sc2c1. The minimum Gasteiger partial charge on any atom is -0.399 e. The molecule has 0 atom stereocenters. The van der Waals surface area contributed by atoms with E-state index in [0.29, 0.717) is 5.69 Å². The first-order valence-corrected chi connectivity index (χ1v) is 5.25. The number of halogens is 1. The highest BCUT2D eigenvalue weighted by atomic mass is 79.9. The van der Waals surface area contributed by atoms with E-state index in [1.54, 1.807) is 0 Å². The molecule has 66 valence electrons. The van der Waals surface area contributed by atoms with Gasteiger partial charge in [-0.15, -0.1) is 11.3 Å². The maximum absolute atomic E-state index is 10.5. The monoisotopic (exact) mass is 255 g/mol. The van der Waals surface area contributed by atoms with Crippen LogP contribution in [0.25, 0.3) is 10.1 Å². The first-order chi connectivity index (χ1) is 6.20. The fourth-order valence-corrected chi connectivity index (χ4v) is 2.87. The topological polar surface area (TPSA) is 43.1 Å². The molecule has 0 aliphatic rings. The van der Waals surface area contributed by atoms with Crippen molar-refractivity contribution >= 4 is 49.3 Å². The number of carbonyl (C=O) groups is 1. The second-order valence-electron chi connectivity index (χ2n) is 2.68. The van der Waals surface area contributed by atoms with E-state index in [1.807, 2.05) is 18.2 Å². The van der Waals surface area contributed by atoms with Crippen LogP contribution in [0, 0.1) is 0 Å². The summed E-state index contributed by atoms with van der Waals surface area (Å²) in [6.45, 7) is 0. The van der Waals surface area contributed by atoms with Crippen LogP contribution < -0.4 is 5.73 Å². The fraction of sp³-hybridized carbons (Fsp3) is 0. The molecule has 0 unspecified atom stereocenters. The second-order valence-corrected chi connectivity index (χ2v) is 4.65. The Bertz CT molecular complexity index is 478. The molecule has 0 fully saturated rings. The molecule has 0 saturated carbocycles. The molecular formula is C9H6BrNOS. The molecule has 2 nitrogen and oxygen atoms in total. The van der Waals surface area contributed by atoms with Gasteiger partial charge in [-0.3, -0.25) is 4.79 Å². The largest absolute Gasteiger partial charge is 0.399 e. The van der Waals surface area contributed by atoms with Gasteiger partial charge in [-0.2, -0.15) is 0 Å². The number of hydrogen-bond acceptors (Lipinski definition) is 3. The van der Waals surface area contributed by atoms with Crippen LogP contribution >= 0.6 is 27.3 Å². The van der Waals surface area contributed by atoms with Crippen molar-refractivity contribution in [1.82, 2.24) is 0 Å². The van der Waals surface area contributed by atoms with E-state index >= 15 is 0 Å². The first-order valence-electron chi connectivity index (χ1n) is 3.64. The van der Waals surface area contributed by atoms with Gasteiger partial charge in [-0.05, 0) is 18.2 Å². The molecule has 2 N–H and O–H groups in total. The predicted octanol–water partition coefficient (Wildman–Crippen LogP) is 3.06. The molecule has 0 saturated heterocycles. The Kier molecular flexibility index (Phi) is 2.09. The van der Waals surface area contributed by atoms with Crippen molar-refractivity contribution in [1.29, 1.82) is 0 Å². The molecule has 13 heavy (non-hydrogen) atoms. The Hall–Kier alpha value is -0.870. The summed E-state index contributed by atoms with van der Waals surface area (Å²) in [5.41, 5.74) is 6.37. The highest BCUT2D eigenvalue weighted by molar-refractivity contribution is 9.10. The van der Waals surface area contributed by atoms with Gasteiger partial charge in [0.1, 0.15) is 0 Å². The molecule has 0 aliphatic carbocycles. The third-order valence-corrected chi connectivity index (χ3v) is 3.41. The molecule has 2 rings (SSSR count). The van der Waals surface area contributed by atoms with Crippen molar-refractivity contribution < 1.29 is 4.79 Å². The number of anilines is 1. The van der Waals surface area contributed by atoms with Gasteiger partial charge in [-0.1, -0.05) is 15.9 Å². The molecule has 2 aromatic rings. The van der Waals surface area contributed by atoms with Crippen LogP contribution in [0.5, 0.6) is 0 Å². The number of benzene rings is 1. The summed E-state index contributed by atoms with van der Waals surface area (Å²) in [7, 11) is 0. The van der Waals surface area contributed by atoms with E-state index in [1.165, 1.54) is 11.3 Å². The van der Waals surface area contributed by atoms with Crippen molar-refractivity contribution in [2.24, 2.45) is 0 Å². The Morgan fingerprint density at radius 2 is 2.15 bits per heavy atom. The zero-order chi connectivity index (χ0) is 9.42. The molecule has 0 aliphatic heterocycles. The summed E-state index contributed by atoms with van der Waals surface area (Å²) in [5.74, 6) is 0. The molecule has 0 bridgehead atoms. The second kappa shape index (κ2) is 3.12. The van der Waals surface area contributed by atoms with E-state index in [4.69, 9.17) is 5.73 Å². The molecule has 1 aromatic heterocycles. The quantitative estimate of drug-likeness (QED) is 0.629. The first kappa shape index (κ1) is 8.72. The van der Waals surface area contributed by atoms with Gasteiger partial charge >= 0.3 is 0 Å². The molecule has 1 aromatic carbocycles. The number of carbonyl (C=O) groups excluding carboxylic acids is 1. The average Bonchev–Trinajstić information content (AvgIpc) is 2.47. The normalized spacial score (nSPS) is 10.5. The van der Waals surface area contributed by atoms with Gasteiger partial charge in [0.25, 0.3) is 0 Å². The van der Waals surface area contributed by atoms with E-state index in [2.05, 4.69) is 15.9 Å². The van der Waals surface area contributed by atoms with Gasteiger partial charge in [0.2, 0.25) is 0 Å². The van der Waals surface area contributed by atoms with Crippen molar-refractivity contribution in [3.8, 4) is 0 Å². The van der Waals surface area contributed by atoms with Crippen LogP contribution in [-0.2, 0) is 0 Å². The zero-order valence-electron chi connectivity index (χ0n) is 6.58. The van der Waals surface area contributed by atoms with E-state index in [0.717, 1.165) is 25.7 Å². The molecule has 1 heterocycles. The zero-order valence-corrected chi connectivity index (χ0v) is 8.98. The number of nitrogen functional groups attached to an aromatic ring is 1. The number of hydrogen-bond donors (Lipinski definition) is 1. The van der Waals surface area contributed by atoms with Crippen LogP contribution in [0.4, 0.5) is 5.69 Å². The van der Waals surface area contributed by atoms with Gasteiger partial charge in [0, 0.05) is 20.2 Å². The minimum absolute atomic E-state index is 0.707. The lowest BCUT2D eigenvalue weighted by Crippen LogP contribution is -1.82. The molecule has 0 spiro atoms. The fourth-order valence-electron chi connectivity index (χ4n) is 1.19. The standard InChI is InChI=1S/C9H6BrNOS/c10-8-1-5(11)2-9-7(8)3-6(4-12)13-9/h1-4H,11H2. The number of fused-ring (bicyclic) bond motifs is 1. The predicted molar refractivity (Wildman–Crippen MR) is 59.3 cm³/mol. The van der Waals surface area contributed by atoms with Gasteiger partial charge < -0.3 is 5.73 Å². The van der Waals surface area contributed by atoms with E-state index in [-0.39, 0.29) is 0 Å². The summed E-state index contributed by atoms with van der Waals surface area (Å²) in [5, 5.41) is 1.04. The lowest BCUT2D eigenvalue weighted by molar-refractivity contribution is 0.112. The lowest BCUT2D eigenvalue weighted by Gasteiger charge is -1.95. The average molecular weight is 256 g/mol. The van der Waals surface area contributed by atoms with Gasteiger partial charge in [0.05, 0.1) is 4.88 Å².